The van der Waals surface area contributed by atoms with E-state index in [-0.39, 0.29) is 6.10 Å². The van der Waals surface area contributed by atoms with E-state index in [1.54, 1.807) is 7.11 Å². The molecule has 2 unspecified atom stereocenters. The molecule has 1 saturated heterocycles. The minimum atomic E-state index is 0.180. The monoisotopic (exact) mass is 278 g/mol. The van der Waals surface area contributed by atoms with Crippen LogP contribution in [0.5, 0.6) is 11.5 Å². The van der Waals surface area contributed by atoms with Crippen molar-refractivity contribution in [3.8, 4) is 11.5 Å². The zero-order chi connectivity index (χ0) is 14.5. The predicted octanol–water partition coefficient (Wildman–Crippen LogP) is 2.26. The zero-order valence-corrected chi connectivity index (χ0v) is 12.8. The first-order valence-corrected chi connectivity index (χ1v) is 7.36. The van der Waals surface area contributed by atoms with Crippen molar-refractivity contribution >= 4 is 0 Å². The third kappa shape index (κ3) is 3.64. The van der Waals surface area contributed by atoms with Crippen molar-refractivity contribution in [2.45, 2.75) is 32.4 Å². The lowest BCUT2D eigenvalue weighted by molar-refractivity contribution is 0.0877. The van der Waals surface area contributed by atoms with Crippen molar-refractivity contribution in [3.05, 3.63) is 23.8 Å². The first kappa shape index (κ1) is 15.1. The highest BCUT2D eigenvalue weighted by atomic mass is 16.5. The van der Waals surface area contributed by atoms with E-state index in [4.69, 9.17) is 15.2 Å². The molecule has 0 radical (unpaired) electrons. The van der Waals surface area contributed by atoms with Crippen LogP contribution < -0.4 is 15.2 Å². The summed E-state index contributed by atoms with van der Waals surface area (Å²) >= 11 is 0. The first-order chi connectivity index (χ1) is 9.63. The molecule has 0 amide bonds. The second kappa shape index (κ2) is 6.95. The SMILES string of the molecule is COc1ccc(CN)cc1OC(C)C1CCCN(C)C1. The van der Waals surface area contributed by atoms with Crippen LogP contribution in [0.1, 0.15) is 25.3 Å². The number of ether oxygens (including phenoxy) is 2. The molecule has 0 spiro atoms. The molecule has 1 aliphatic rings. The normalized spacial score (nSPS) is 21.5. The summed E-state index contributed by atoms with van der Waals surface area (Å²) in [5, 5.41) is 0. The van der Waals surface area contributed by atoms with Gasteiger partial charge in [0.05, 0.1) is 7.11 Å². The molecular formula is C16H26N2O2. The fourth-order valence-corrected chi connectivity index (χ4v) is 2.83. The Bertz CT molecular complexity index is 436. The van der Waals surface area contributed by atoms with Crippen molar-refractivity contribution in [2.24, 2.45) is 11.7 Å². The molecule has 112 valence electrons. The van der Waals surface area contributed by atoms with E-state index in [9.17, 15) is 0 Å². The fourth-order valence-electron chi connectivity index (χ4n) is 2.83. The summed E-state index contributed by atoms with van der Waals surface area (Å²) in [7, 11) is 3.85. The third-order valence-electron chi connectivity index (χ3n) is 4.10. The molecule has 4 heteroatoms. The average Bonchev–Trinajstić information content (AvgIpc) is 2.47. The highest BCUT2D eigenvalue weighted by Crippen LogP contribution is 2.31. The maximum absolute atomic E-state index is 6.16. The van der Waals surface area contributed by atoms with Gasteiger partial charge in [-0.1, -0.05) is 6.07 Å². The lowest BCUT2D eigenvalue weighted by atomic mass is 9.93. The van der Waals surface area contributed by atoms with E-state index in [1.165, 1.54) is 19.4 Å². The number of methoxy groups -OCH3 is 1. The van der Waals surface area contributed by atoms with Crippen LogP contribution in [0.3, 0.4) is 0 Å². The standard InChI is InChI=1S/C16H26N2O2/c1-12(14-5-4-8-18(2)11-14)20-16-9-13(10-17)6-7-15(16)19-3/h6-7,9,12,14H,4-5,8,10-11,17H2,1-3H3. The van der Waals surface area contributed by atoms with Gasteiger partial charge in [-0.3, -0.25) is 0 Å². The Morgan fingerprint density at radius 2 is 2.20 bits per heavy atom. The summed E-state index contributed by atoms with van der Waals surface area (Å²) < 4.78 is 11.5. The largest absolute Gasteiger partial charge is 0.493 e. The Balaban J connectivity index is 2.07. The van der Waals surface area contributed by atoms with Gasteiger partial charge in [0.1, 0.15) is 6.10 Å². The van der Waals surface area contributed by atoms with Crippen LogP contribution in [0.25, 0.3) is 0 Å². The van der Waals surface area contributed by atoms with Gasteiger partial charge < -0.3 is 20.1 Å². The highest BCUT2D eigenvalue weighted by molar-refractivity contribution is 5.43. The zero-order valence-electron chi connectivity index (χ0n) is 12.8. The number of likely N-dealkylation sites (tertiary alicyclic amines) is 1. The average molecular weight is 278 g/mol. The number of piperidine rings is 1. The van der Waals surface area contributed by atoms with Gasteiger partial charge in [0, 0.05) is 19.0 Å². The molecule has 0 bridgehead atoms. The van der Waals surface area contributed by atoms with Gasteiger partial charge in [0.15, 0.2) is 11.5 Å². The molecule has 0 saturated carbocycles. The van der Waals surface area contributed by atoms with Crippen LogP contribution in [-0.2, 0) is 6.54 Å². The Labute approximate surface area is 121 Å². The summed E-state index contributed by atoms with van der Waals surface area (Å²) in [6.07, 6.45) is 2.65. The molecule has 1 fully saturated rings. The predicted molar refractivity (Wildman–Crippen MR) is 81.2 cm³/mol. The minimum Gasteiger partial charge on any atom is -0.493 e. The molecule has 1 aromatic carbocycles. The van der Waals surface area contributed by atoms with Gasteiger partial charge >= 0.3 is 0 Å². The maximum Gasteiger partial charge on any atom is 0.161 e. The first-order valence-electron chi connectivity index (χ1n) is 7.36. The smallest absolute Gasteiger partial charge is 0.161 e. The van der Waals surface area contributed by atoms with Gasteiger partial charge in [-0.2, -0.15) is 0 Å². The number of nitrogens with zero attached hydrogens (tertiary/aromatic N) is 1. The lowest BCUT2D eigenvalue weighted by Gasteiger charge is -2.33. The van der Waals surface area contributed by atoms with Gasteiger partial charge in [-0.05, 0) is 51.1 Å². The van der Waals surface area contributed by atoms with E-state index >= 15 is 0 Å². The molecule has 4 nitrogen and oxygen atoms in total. The van der Waals surface area contributed by atoms with Crippen LogP contribution in [0.2, 0.25) is 0 Å². The second-order valence-corrected chi connectivity index (χ2v) is 5.68. The number of hydrogen-bond donors (Lipinski definition) is 1. The summed E-state index contributed by atoms with van der Waals surface area (Å²) in [6.45, 7) is 4.95. The quantitative estimate of drug-likeness (QED) is 0.897. The minimum absolute atomic E-state index is 0.180. The number of nitrogens with two attached hydrogens (primary N) is 1. The van der Waals surface area contributed by atoms with Crippen molar-refractivity contribution in [3.63, 3.8) is 0 Å². The topological polar surface area (TPSA) is 47.7 Å². The van der Waals surface area contributed by atoms with Crippen molar-refractivity contribution in [1.29, 1.82) is 0 Å². The molecule has 2 atom stereocenters. The molecule has 0 aromatic heterocycles. The Morgan fingerprint density at radius 1 is 1.40 bits per heavy atom. The van der Waals surface area contributed by atoms with Crippen LogP contribution in [-0.4, -0.2) is 38.3 Å². The van der Waals surface area contributed by atoms with Crippen LogP contribution in [0.15, 0.2) is 18.2 Å². The van der Waals surface area contributed by atoms with E-state index in [1.807, 2.05) is 18.2 Å². The van der Waals surface area contributed by atoms with Gasteiger partial charge in [-0.25, -0.2) is 0 Å². The van der Waals surface area contributed by atoms with E-state index in [0.29, 0.717) is 12.5 Å². The summed E-state index contributed by atoms with van der Waals surface area (Å²) in [5.74, 6) is 2.15. The molecule has 1 heterocycles. The highest BCUT2D eigenvalue weighted by Gasteiger charge is 2.24. The maximum atomic E-state index is 6.16. The third-order valence-corrected chi connectivity index (χ3v) is 4.10. The summed E-state index contributed by atoms with van der Waals surface area (Å²) in [4.78, 5) is 2.38. The molecule has 2 rings (SSSR count). The van der Waals surface area contributed by atoms with Crippen molar-refractivity contribution in [2.75, 3.05) is 27.2 Å². The number of rotatable bonds is 5. The van der Waals surface area contributed by atoms with E-state index in [0.717, 1.165) is 23.6 Å². The van der Waals surface area contributed by atoms with Crippen LogP contribution >= 0.6 is 0 Å². The van der Waals surface area contributed by atoms with Crippen LogP contribution in [0.4, 0.5) is 0 Å². The lowest BCUT2D eigenvalue weighted by Crippen LogP contribution is -2.39. The summed E-state index contributed by atoms with van der Waals surface area (Å²) in [5.41, 5.74) is 6.76. The number of hydrogen-bond acceptors (Lipinski definition) is 4. The van der Waals surface area contributed by atoms with Gasteiger partial charge in [0.25, 0.3) is 0 Å². The Hall–Kier alpha value is -1.26. The molecule has 0 aliphatic carbocycles. The Kier molecular flexibility index (Phi) is 5.26. The van der Waals surface area contributed by atoms with E-state index < -0.39 is 0 Å². The molecule has 2 N–H and O–H groups in total. The summed E-state index contributed by atoms with van der Waals surface area (Å²) in [6, 6.07) is 5.89. The fraction of sp³-hybridized carbons (Fsp3) is 0.625. The van der Waals surface area contributed by atoms with Crippen LogP contribution in [0, 0.1) is 5.92 Å². The molecule has 20 heavy (non-hydrogen) atoms. The Morgan fingerprint density at radius 3 is 2.85 bits per heavy atom. The van der Waals surface area contributed by atoms with Gasteiger partial charge in [-0.15, -0.1) is 0 Å². The second-order valence-electron chi connectivity index (χ2n) is 5.68. The van der Waals surface area contributed by atoms with Crippen molar-refractivity contribution in [1.82, 2.24) is 4.90 Å². The molecule has 1 aromatic rings. The van der Waals surface area contributed by atoms with Crippen molar-refractivity contribution < 1.29 is 9.47 Å². The van der Waals surface area contributed by atoms with Gasteiger partial charge in [0.2, 0.25) is 0 Å². The van der Waals surface area contributed by atoms with E-state index in [2.05, 4.69) is 18.9 Å². The molecule has 1 aliphatic heterocycles. The number of benzene rings is 1. The molecular weight excluding hydrogens is 252 g/mol.